The summed E-state index contributed by atoms with van der Waals surface area (Å²) in [6.07, 6.45) is 1.01. The van der Waals surface area contributed by atoms with Gasteiger partial charge in [0.1, 0.15) is 17.5 Å². The van der Waals surface area contributed by atoms with E-state index in [9.17, 15) is 18.0 Å². The molecule has 0 unspecified atom stereocenters. The lowest BCUT2D eigenvalue weighted by Crippen LogP contribution is -2.43. The molecule has 2 heterocycles. The molecular weight excluding hydrogens is 422 g/mol. The average molecular weight is 445 g/mol. The molecule has 1 saturated heterocycles. The van der Waals surface area contributed by atoms with Gasteiger partial charge in [0.25, 0.3) is 5.91 Å². The number of nitrogens with zero attached hydrogens (tertiary/aromatic N) is 1. The van der Waals surface area contributed by atoms with Gasteiger partial charge >= 0.3 is 0 Å². The van der Waals surface area contributed by atoms with Crippen molar-refractivity contribution in [2.45, 2.75) is 30.7 Å². The first-order valence-corrected chi connectivity index (χ1v) is 11.3. The summed E-state index contributed by atoms with van der Waals surface area (Å²) in [4.78, 5) is 24.5. The highest BCUT2D eigenvalue weighted by molar-refractivity contribution is 7.89. The minimum atomic E-state index is -3.95. The number of rotatable bonds is 5. The molecule has 2 aromatic rings. The fraction of sp³-hybridized carbons (Fsp3) is 0.333. The predicted molar refractivity (Wildman–Crippen MR) is 114 cm³/mol. The number of benzene rings is 2. The maximum absolute atomic E-state index is 13.4. The third-order valence-corrected chi connectivity index (χ3v) is 7.41. The summed E-state index contributed by atoms with van der Waals surface area (Å²) in [7, 11) is -2.40. The molecule has 1 atom stereocenters. The molecule has 2 N–H and O–H groups in total. The molecular formula is C21H23N3O6S. The lowest BCUT2D eigenvalue weighted by Gasteiger charge is -2.26. The van der Waals surface area contributed by atoms with E-state index in [1.807, 2.05) is 0 Å². The zero-order chi connectivity index (χ0) is 22.2. The molecule has 1 fully saturated rings. The van der Waals surface area contributed by atoms with Gasteiger partial charge in [-0.3, -0.25) is 9.59 Å². The molecule has 4 rings (SSSR count). The topological polar surface area (TPSA) is 114 Å². The van der Waals surface area contributed by atoms with Crippen LogP contribution < -0.4 is 20.1 Å². The summed E-state index contributed by atoms with van der Waals surface area (Å²) in [5.41, 5.74) is 1.46. The van der Waals surface area contributed by atoms with Gasteiger partial charge in [-0.1, -0.05) is 0 Å². The predicted octanol–water partition coefficient (Wildman–Crippen LogP) is 2.13. The van der Waals surface area contributed by atoms with Crippen molar-refractivity contribution in [1.82, 2.24) is 4.31 Å². The Bertz CT molecular complexity index is 1130. The smallest absolute Gasteiger partial charge is 0.262 e. The second-order valence-electron chi connectivity index (χ2n) is 7.44. The van der Waals surface area contributed by atoms with Gasteiger partial charge in [0.15, 0.2) is 6.61 Å². The van der Waals surface area contributed by atoms with Crippen LogP contribution in [0.2, 0.25) is 0 Å². The van der Waals surface area contributed by atoms with Crippen molar-refractivity contribution < 1.29 is 27.5 Å². The molecule has 0 bridgehead atoms. The average Bonchev–Trinajstić information content (AvgIpc) is 3.25. The lowest BCUT2D eigenvalue weighted by molar-refractivity contribution is -0.119. The molecule has 0 saturated carbocycles. The van der Waals surface area contributed by atoms with Crippen LogP contribution in [-0.2, 0) is 19.6 Å². The van der Waals surface area contributed by atoms with Crippen LogP contribution in [-0.4, -0.2) is 50.8 Å². The minimum Gasteiger partial charge on any atom is -0.497 e. The zero-order valence-electron chi connectivity index (χ0n) is 17.2. The van der Waals surface area contributed by atoms with Crippen molar-refractivity contribution in [3.05, 3.63) is 42.0 Å². The Labute approximate surface area is 180 Å². The number of carbonyl (C=O) groups excluding carboxylic acids is 2. The number of amides is 2. The lowest BCUT2D eigenvalue weighted by atomic mass is 10.2. The number of methoxy groups -OCH3 is 1. The van der Waals surface area contributed by atoms with Gasteiger partial charge in [-0.05, 0) is 55.7 Å². The van der Waals surface area contributed by atoms with E-state index in [-0.39, 0.29) is 29.9 Å². The van der Waals surface area contributed by atoms with E-state index in [1.54, 1.807) is 44.4 Å². The Balaban J connectivity index is 1.58. The minimum absolute atomic E-state index is 0.0616. The summed E-state index contributed by atoms with van der Waals surface area (Å²) in [5.74, 6) is 0.272. The van der Waals surface area contributed by atoms with E-state index >= 15 is 0 Å². The molecule has 2 aromatic carbocycles. The molecule has 31 heavy (non-hydrogen) atoms. The Morgan fingerprint density at radius 2 is 2.00 bits per heavy atom. The van der Waals surface area contributed by atoms with Gasteiger partial charge in [-0.15, -0.1) is 0 Å². The van der Waals surface area contributed by atoms with E-state index in [0.29, 0.717) is 41.3 Å². The van der Waals surface area contributed by atoms with E-state index in [4.69, 9.17) is 9.47 Å². The van der Waals surface area contributed by atoms with Gasteiger partial charge in [-0.25, -0.2) is 8.42 Å². The van der Waals surface area contributed by atoms with Gasteiger partial charge in [0, 0.05) is 18.3 Å². The van der Waals surface area contributed by atoms with Crippen LogP contribution in [0, 0.1) is 6.92 Å². The maximum atomic E-state index is 13.4. The SMILES string of the molecule is COc1ccc(NC(=O)[C@H]2CCCN2S(=O)(=O)c2cc3c(cc2C)NC(=O)CO3)cc1. The Morgan fingerprint density at radius 3 is 2.71 bits per heavy atom. The zero-order valence-corrected chi connectivity index (χ0v) is 18.0. The van der Waals surface area contributed by atoms with Crippen LogP contribution >= 0.6 is 0 Å². The molecule has 164 valence electrons. The van der Waals surface area contributed by atoms with Crippen molar-refractivity contribution in [2.24, 2.45) is 0 Å². The fourth-order valence-corrected chi connectivity index (χ4v) is 5.69. The number of fused-ring (bicyclic) bond motifs is 1. The van der Waals surface area contributed by atoms with E-state index in [0.717, 1.165) is 0 Å². The number of hydrogen-bond donors (Lipinski definition) is 2. The Kier molecular flexibility index (Phi) is 5.59. The summed E-state index contributed by atoms with van der Waals surface area (Å²) >= 11 is 0. The second-order valence-corrected chi connectivity index (χ2v) is 9.30. The molecule has 2 amide bonds. The largest absolute Gasteiger partial charge is 0.497 e. The third kappa shape index (κ3) is 4.08. The second kappa shape index (κ2) is 8.20. The fourth-order valence-electron chi connectivity index (χ4n) is 3.81. The van der Waals surface area contributed by atoms with Crippen molar-refractivity contribution in [1.29, 1.82) is 0 Å². The summed E-state index contributed by atoms with van der Waals surface area (Å²) in [6.45, 7) is 1.72. The summed E-state index contributed by atoms with van der Waals surface area (Å²) in [6, 6.07) is 9.00. The number of nitrogens with one attached hydrogen (secondary N) is 2. The molecule has 2 aliphatic heterocycles. The first-order valence-electron chi connectivity index (χ1n) is 9.83. The first kappa shape index (κ1) is 21.1. The molecule has 2 aliphatic rings. The normalized spacial score (nSPS) is 18.6. The van der Waals surface area contributed by atoms with Gasteiger partial charge in [0.05, 0.1) is 17.7 Å². The van der Waals surface area contributed by atoms with Crippen molar-refractivity contribution >= 4 is 33.2 Å². The van der Waals surface area contributed by atoms with Crippen molar-refractivity contribution in [3.63, 3.8) is 0 Å². The number of sulfonamides is 1. The number of aryl methyl sites for hydroxylation is 1. The molecule has 0 aromatic heterocycles. The first-order chi connectivity index (χ1) is 14.8. The van der Waals surface area contributed by atoms with E-state index < -0.39 is 16.1 Å². The number of hydrogen-bond acceptors (Lipinski definition) is 6. The molecule has 0 spiro atoms. The summed E-state index contributed by atoms with van der Waals surface area (Å²) in [5, 5.41) is 5.45. The Morgan fingerprint density at radius 1 is 1.26 bits per heavy atom. The van der Waals surface area contributed by atoms with E-state index in [1.165, 1.54) is 10.4 Å². The quantitative estimate of drug-likeness (QED) is 0.729. The summed E-state index contributed by atoms with van der Waals surface area (Å²) < 4.78 is 38.6. The number of anilines is 2. The number of ether oxygens (including phenoxy) is 2. The highest BCUT2D eigenvalue weighted by Gasteiger charge is 2.40. The highest BCUT2D eigenvalue weighted by atomic mass is 32.2. The molecule has 9 nitrogen and oxygen atoms in total. The van der Waals surface area contributed by atoms with Crippen molar-refractivity contribution in [2.75, 3.05) is 30.9 Å². The van der Waals surface area contributed by atoms with E-state index in [2.05, 4.69) is 10.6 Å². The van der Waals surface area contributed by atoms with Crippen LogP contribution in [0.4, 0.5) is 11.4 Å². The van der Waals surface area contributed by atoms with Crippen LogP contribution in [0.3, 0.4) is 0 Å². The Hall–Kier alpha value is -3.11. The van der Waals surface area contributed by atoms with Crippen molar-refractivity contribution in [3.8, 4) is 11.5 Å². The van der Waals surface area contributed by atoms with Crippen LogP contribution in [0.25, 0.3) is 0 Å². The van der Waals surface area contributed by atoms with Crippen LogP contribution in [0.1, 0.15) is 18.4 Å². The highest BCUT2D eigenvalue weighted by Crippen LogP contribution is 2.36. The molecule has 10 heteroatoms. The monoisotopic (exact) mass is 445 g/mol. The third-order valence-electron chi connectivity index (χ3n) is 5.36. The standard InChI is InChI=1S/C21H23N3O6S/c1-13-10-16-18(30-12-20(25)23-16)11-19(13)31(27,28)24-9-3-4-17(24)21(26)22-14-5-7-15(29-2)8-6-14/h5-8,10-11,17H,3-4,9,12H2,1-2H3,(H,22,26)(H,23,25)/t17-/m1/s1. The van der Waals surface area contributed by atoms with Gasteiger partial charge < -0.3 is 20.1 Å². The van der Waals surface area contributed by atoms with Gasteiger partial charge in [0.2, 0.25) is 15.9 Å². The van der Waals surface area contributed by atoms with Crippen LogP contribution in [0.5, 0.6) is 11.5 Å². The number of carbonyl (C=O) groups is 2. The van der Waals surface area contributed by atoms with Gasteiger partial charge in [-0.2, -0.15) is 4.31 Å². The van der Waals surface area contributed by atoms with Crippen LogP contribution in [0.15, 0.2) is 41.3 Å². The molecule has 0 aliphatic carbocycles. The maximum Gasteiger partial charge on any atom is 0.262 e. The molecule has 0 radical (unpaired) electrons.